The van der Waals surface area contributed by atoms with E-state index >= 15 is 0 Å². The summed E-state index contributed by atoms with van der Waals surface area (Å²) < 4.78 is 5.66. The van der Waals surface area contributed by atoms with Crippen molar-refractivity contribution in [3.05, 3.63) is 0 Å². The highest BCUT2D eigenvalue weighted by Gasteiger charge is 2.42. The molecule has 18 heavy (non-hydrogen) atoms. The van der Waals surface area contributed by atoms with Crippen LogP contribution >= 0.6 is 12.6 Å². The second kappa shape index (κ2) is 6.26. The first kappa shape index (κ1) is 14.2. The highest BCUT2D eigenvalue weighted by Crippen LogP contribution is 2.49. The van der Waals surface area contributed by atoms with Gasteiger partial charge in [-0.2, -0.15) is 12.6 Å². The highest BCUT2D eigenvalue weighted by molar-refractivity contribution is 7.80. The largest absolute Gasteiger partial charge is 0.374 e. The van der Waals surface area contributed by atoms with Crippen LogP contribution in [0.2, 0.25) is 0 Å². The number of thiol groups is 1. The maximum absolute atomic E-state index is 11.8. The molecule has 1 saturated carbocycles. The molecule has 1 atom stereocenters. The van der Waals surface area contributed by atoms with Gasteiger partial charge in [0.05, 0.1) is 12.7 Å². The number of carbonyl (C=O) groups is 1. The third-order valence-corrected chi connectivity index (χ3v) is 4.70. The molecule has 1 amide bonds. The first-order chi connectivity index (χ1) is 8.67. The fraction of sp³-hybridized carbons (Fsp3) is 0.923. The molecule has 0 radical (unpaired) electrons. The monoisotopic (exact) mass is 272 g/mol. The molecular weight excluding hydrogens is 248 g/mol. The molecule has 1 unspecified atom stereocenters. The maximum atomic E-state index is 11.8. The van der Waals surface area contributed by atoms with Gasteiger partial charge in [0.1, 0.15) is 0 Å². The number of likely N-dealkylation sites (N-methyl/N-ethyl adjacent to an activating group) is 1. The van der Waals surface area contributed by atoms with Gasteiger partial charge in [0.2, 0.25) is 5.91 Å². The quantitative estimate of drug-likeness (QED) is 0.707. The second-order valence-corrected chi connectivity index (χ2v) is 5.84. The van der Waals surface area contributed by atoms with Crippen LogP contribution in [0.25, 0.3) is 0 Å². The fourth-order valence-electron chi connectivity index (χ4n) is 2.39. The molecule has 104 valence electrons. The average molecular weight is 272 g/mol. The molecule has 5 heteroatoms. The Morgan fingerprint density at radius 2 is 2.33 bits per heavy atom. The molecule has 0 aromatic rings. The zero-order chi connectivity index (χ0) is 13.0. The highest BCUT2D eigenvalue weighted by atomic mass is 32.1. The molecule has 0 spiro atoms. The molecule has 1 aliphatic carbocycles. The minimum Gasteiger partial charge on any atom is -0.374 e. The van der Waals surface area contributed by atoms with Gasteiger partial charge in [0, 0.05) is 26.1 Å². The number of ether oxygens (including phenoxy) is 1. The van der Waals surface area contributed by atoms with E-state index in [0.717, 1.165) is 44.8 Å². The van der Waals surface area contributed by atoms with Crippen molar-refractivity contribution in [1.29, 1.82) is 0 Å². The van der Waals surface area contributed by atoms with E-state index in [0.29, 0.717) is 13.0 Å². The molecule has 0 bridgehead atoms. The van der Waals surface area contributed by atoms with Crippen molar-refractivity contribution in [1.82, 2.24) is 10.2 Å². The molecule has 1 heterocycles. The summed E-state index contributed by atoms with van der Waals surface area (Å²) in [6.45, 7) is 6.55. The molecule has 2 rings (SSSR count). The lowest BCUT2D eigenvalue weighted by Gasteiger charge is -2.32. The van der Waals surface area contributed by atoms with Gasteiger partial charge in [-0.1, -0.05) is 6.92 Å². The fourth-order valence-corrected chi connectivity index (χ4v) is 2.82. The number of nitrogens with zero attached hydrogens (tertiary/aromatic N) is 1. The number of nitrogens with one attached hydrogen (secondary N) is 1. The lowest BCUT2D eigenvalue weighted by Crippen LogP contribution is -2.47. The van der Waals surface area contributed by atoms with Gasteiger partial charge >= 0.3 is 0 Å². The summed E-state index contributed by atoms with van der Waals surface area (Å²) in [5.41, 5.74) is 0.204. The van der Waals surface area contributed by atoms with Crippen LogP contribution in [0.15, 0.2) is 0 Å². The lowest BCUT2D eigenvalue weighted by molar-refractivity contribution is -0.123. The Labute approximate surface area is 115 Å². The van der Waals surface area contributed by atoms with Crippen molar-refractivity contribution < 1.29 is 9.53 Å². The summed E-state index contributed by atoms with van der Waals surface area (Å²) in [5, 5.41) is 3.00. The van der Waals surface area contributed by atoms with Gasteiger partial charge in [-0.25, -0.2) is 0 Å². The van der Waals surface area contributed by atoms with E-state index in [2.05, 4.69) is 29.8 Å². The van der Waals surface area contributed by atoms with Gasteiger partial charge in [-0.3, -0.25) is 9.69 Å². The van der Waals surface area contributed by atoms with Crippen LogP contribution in [0, 0.1) is 5.41 Å². The van der Waals surface area contributed by atoms with E-state index < -0.39 is 0 Å². The van der Waals surface area contributed by atoms with E-state index in [1.165, 1.54) is 0 Å². The Bertz CT molecular complexity index is 295. The summed E-state index contributed by atoms with van der Waals surface area (Å²) in [4.78, 5) is 14.2. The normalized spacial score (nSPS) is 26.9. The molecule has 2 fully saturated rings. The molecule has 0 aromatic heterocycles. The topological polar surface area (TPSA) is 41.6 Å². The Balaban J connectivity index is 1.66. The minimum absolute atomic E-state index is 0.147. The molecule has 0 aromatic carbocycles. The lowest BCUT2D eigenvalue weighted by atomic mass is 10.1. The van der Waals surface area contributed by atoms with E-state index in [1.54, 1.807) is 0 Å². The van der Waals surface area contributed by atoms with Crippen molar-refractivity contribution in [2.45, 2.75) is 32.3 Å². The number of rotatable bonds is 6. The number of morpholine rings is 1. The van der Waals surface area contributed by atoms with Crippen molar-refractivity contribution in [3.8, 4) is 0 Å². The van der Waals surface area contributed by atoms with Crippen LogP contribution in [0.4, 0.5) is 0 Å². The van der Waals surface area contributed by atoms with Crippen molar-refractivity contribution in [2.24, 2.45) is 5.41 Å². The Kier molecular flexibility index (Phi) is 4.92. The summed E-state index contributed by atoms with van der Waals surface area (Å²) in [7, 11) is 0. The van der Waals surface area contributed by atoms with Crippen LogP contribution < -0.4 is 5.32 Å². The number of amides is 1. The first-order valence-electron chi connectivity index (χ1n) is 6.89. The molecule has 1 saturated heterocycles. The molecule has 1 N–H and O–H groups in total. The molecule has 2 aliphatic rings. The van der Waals surface area contributed by atoms with Gasteiger partial charge in [-0.05, 0) is 30.6 Å². The predicted octanol–water partition coefficient (Wildman–Crippen LogP) is 0.923. The Morgan fingerprint density at radius 1 is 1.56 bits per heavy atom. The Morgan fingerprint density at radius 3 is 2.94 bits per heavy atom. The summed E-state index contributed by atoms with van der Waals surface area (Å²) >= 11 is 4.32. The molecular formula is C13H24N2O2S. The second-order valence-electron chi connectivity index (χ2n) is 5.52. The zero-order valence-corrected chi connectivity index (χ0v) is 12.0. The summed E-state index contributed by atoms with van der Waals surface area (Å²) in [5.74, 6) is 0.975. The number of hydrogen-bond acceptors (Lipinski definition) is 4. The first-order valence-corrected chi connectivity index (χ1v) is 7.52. The van der Waals surface area contributed by atoms with E-state index in [9.17, 15) is 4.79 Å². The third-order valence-electron chi connectivity index (χ3n) is 4.03. The third kappa shape index (κ3) is 3.87. The SMILES string of the molecule is CCN1CCOC(CNC(=O)CC2(CS)CC2)C1. The molecule has 4 nitrogen and oxygen atoms in total. The van der Waals surface area contributed by atoms with Gasteiger partial charge < -0.3 is 10.1 Å². The smallest absolute Gasteiger partial charge is 0.220 e. The maximum Gasteiger partial charge on any atom is 0.220 e. The zero-order valence-electron chi connectivity index (χ0n) is 11.2. The Hall–Kier alpha value is -0.260. The van der Waals surface area contributed by atoms with Crippen molar-refractivity contribution in [2.75, 3.05) is 38.5 Å². The van der Waals surface area contributed by atoms with Crippen LogP contribution in [0.5, 0.6) is 0 Å². The summed E-state index contributed by atoms with van der Waals surface area (Å²) in [6.07, 6.45) is 3.07. The van der Waals surface area contributed by atoms with Gasteiger partial charge in [-0.15, -0.1) is 0 Å². The average Bonchev–Trinajstić information content (AvgIpc) is 3.17. The van der Waals surface area contributed by atoms with Gasteiger partial charge in [0.25, 0.3) is 0 Å². The molecule has 1 aliphatic heterocycles. The van der Waals surface area contributed by atoms with Crippen LogP contribution in [0.1, 0.15) is 26.2 Å². The van der Waals surface area contributed by atoms with Crippen LogP contribution in [-0.2, 0) is 9.53 Å². The van der Waals surface area contributed by atoms with Crippen LogP contribution in [0.3, 0.4) is 0 Å². The predicted molar refractivity (Wildman–Crippen MR) is 75.0 cm³/mol. The van der Waals surface area contributed by atoms with Crippen molar-refractivity contribution >= 4 is 18.5 Å². The van der Waals surface area contributed by atoms with Crippen molar-refractivity contribution in [3.63, 3.8) is 0 Å². The summed E-state index contributed by atoms with van der Waals surface area (Å²) in [6, 6.07) is 0. The number of hydrogen-bond donors (Lipinski definition) is 2. The van der Waals surface area contributed by atoms with E-state index in [1.807, 2.05) is 0 Å². The van der Waals surface area contributed by atoms with E-state index in [4.69, 9.17) is 4.74 Å². The van der Waals surface area contributed by atoms with Gasteiger partial charge in [0.15, 0.2) is 0 Å². The van der Waals surface area contributed by atoms with E-state index in [-0.39, 0.29) is 17.4 Å². The minimum atomic E-state index is 0.147. The standard InChI is InChI=1S/C13H24N2O2S/c1-2-15-5-6-17-11(9-15)8-14-12(16)7-13(10-18)3-4-13/h11,18H,2-10H2,1H3,(H,14,16). The number of carbonyl (C=O) groups excluding carboxylic acids is 1. The van der Waals surface area contributed by atoms with Crippen LogP contribution in [-0.4, -0.2) is 55.4 Å².